The summed E-state index contributed by atoms with van der Waals surface area (Å²) < 4.78 is 5.36. The molecular weight excluding hydrogens is 182 g/mol. The van der Waals surface area contributed by atoms with E-state index in [1.54, 1.807) is 7.11 Å². The zero-order valence-corrected chi connectivity index (χ0v) is 8.66. The van der Waals surface area contributed by atoms with Crippen molar-refractivity contribution in [3.63, 3.8) is 0 Å². The van der Waals surface area contributed by atoms with E-state index in [1.807, 2.05) is 0 Å². The van der Waals surface area contributed by atoms with Crippen LogP contribution < -0.4 is 5.73 Å². The second-order valence-electron chi connectivity index (χ2n) is 4.11. The van der Waals surface area contributed by atoms with Crippen LogP contribution in [0.3, 0.4) is 0 Å². The first-order valence-corrected chi connectivity index (χ1v) is 5.09. The van der Waals surface area contributed by atoms with E-state index < -0.39 is 5.97 Å². The van der Waals surface area contributed by atoms with Crippen LogP contribution in [0.1, 0.15) is 32.1 Å². The highest BCUT2D eigenvalue weighted by atomic mass is 16.5. The summed E-state index contributed by atoms with van der Waals surface area (Å²) in [4.78, 5) is 10.8. The third-order valence-corrected chi connectivity index (χ3v) is 3.27. The molecule has 1 fully saturated rings. The van der Waals surface area contributed by atoms with Crippen molar-refractivity contribution in [3.05, 3.63) is 0 Å². The van der Waals surface area contributed by atoms with Crippen LogP contribution in [-0.4, -0.2) is 30.8 Å². The van der Waals surface area contributed by atoms with Gasteiger partial charge in [0.1, 0.15) is 0 Å². The van der Waals surface area contributed by atoms with Crippen LogP contribution in [0.4, 0.5) is 0 Å². The fraction of sp³-hybridized carbons (Fsp3) is 0.900. The van der Waals surface area contributed by atoms with E-state index in [4.69, 9.17) is 15.6 Å². The number of hydrogen-bond acceptors (Lipinski definition) is 3. The molecule has 4 nitrogen and oxygen atoms in total. The first kappa shape index (κ1) is 11.5. The van der Waals surface area contributed by atoms with Crippen molar-refractivity contribution in [3.8, 4) is 0 Å². The quantitative estimate of drug-likeness (QED) is 0.711. The molecule has 0 aliphatic heterocycles. The molecule has 0 aromatic heterocycles. The molecule has 0 saturated heterocycles. The predicted octanol–water partition coefficient (Wildman–Crippen LogP) is 0.995. The SMILES string of the molecule is CO[C@@H]1CCCC[C@]1(CN)CC(=O)O. The van der Waals surface area contributed by atoms with Crippen LogP contribution in [-0.2, 0) is 9.53 Å². The Labute approximate surface area is 84.4 Å². The molecule has 82 valence electrons. The van der Waals surface area contributed by atoms with Crippen molar-refractivity contribution in [2.75, 3.05) is 13.7 Å². The van der Waals surface area contributed by atoms with E-state index in [9.17, 15) is 4.79 Å². The molecule has 14 heavy (non-hydrogen) atoms. The topological polar surface area (TPSA) is 72.5 Å². The molecule has 1 aliphatic rings. The van der Waals surface area contributed by atoms with Gasteiger partial charge in [0, 0.05) is 19.1 Å². The number of rotatable bonds is 4. The number of hydrogen-bond donors (Lipinski definition) is 2. The highest BCUT2D eigenvalue weighted by molar-refractivity contribution is 5.68. The lowest BCUT2D eigenvalue weighted by Gasteiger charge is -2.41. The van der Waals surface area contributed by atoms with Gasteiger partial charge in [-0.25, -0.2) is 0 Å². The van der Waals surface area contributed by atoms with Gasteiger partial charge in [-0.05, 0) is 12.8 Å². The zero-order chi connectivity index (χ0) is 10.6. The molecule has 0 aromatic carbocycles. The van der Waals surface area contributed by atoms with Crippen molar-refractivity contribution in [2.45, 2.75) is 38.2 Å². The molecule has 0 heterocycles. The molecule has 0 bridgehead atoms. The minimum Gasteiger partial charge on any atom is -0.481 e. The lowest BCUT2D eigenvalue weighted by molar-refractivity contribution is -0.144. The van der Waals surface area contributed by atoms with E-state index >= 15 is 0 Å². The molecule has 1 saturated carbocycles. The maximum atomic E-state index is 10.8. The number of methoxy groups -OCH3 is 1. The fourth-order valence-corrected chi connectivity index (χ4v) is 2.45. The number of carbonyl (C=O) groups is 1. The smallest absolute Gasteiger partial charge is 0.304 e. The first-order valence-electron chi connectivity index (χ1n) is 5.09. The van der Waals surface area contributed by atoms with E-state index in [2.05, 4.69) is 0 Å². The number of carboxylic acids is 1. The summed E-state index contributed by atoms with van der Waals surface area (Å²) in [6.45, 7) is 0.401. The van der Waals surface area contributed by atoms with Gasteiger partial charge < -0.3 is 15.6 Å². The lowest BCUT2D eigenvalue weighted by Crippen LogP contribution is -2.46. The average molecular weight is 201 g/mol. The van der Waals surface area contributed by atoms with Gasteiger partial charge in [-0.15, -0.1) is 0 Å². The third-order valence-electron chi connectivity index (χ3n) is 3.27. The summed E-state index contributed by atoms with van der Waals surface area (Å²) in [5, 5.41) is 8.86. The number of ether oxygens (including phenoxy) is 1. The predicted molar refractivity (Wildman–Crippen MR) is 53.0 cm³/mol. The molecule has 2 atom stereocenters. The molecule has 0 aromatic rings. The molecule has 0 spiro atoms. The van der Waals surface area contributed by atoms with E-state index in [0.717, 1.165) is 25.7 Å². The summed E-state index contributed by atoms with van der Waals surface area (Å²) in [6.07, 6.45) is 4.11. The van der Waals surface area contributed by atoms with Crippen LogP contribution in [0.25, 0.3) is 0 Å². The maximum absolute atomic E-state index is 10.8. The maximum Gasteiger partial charge on any atom is 0.304 e. The third kappa shape index (κ3) is 2.25. The first-order chi connectivity index (χ1) is 6.64. The van der Waals surface area contributed by atoms with Gasteiger partial charge in [-0.2, -0.15) is 0 Å². The second kappa shape index (κ2) is 4.75. The molecule has 1 rings (SSSR count). The van der Waals surface area contributed by atoms with Crippen molar-refractivity contribution in [2.24, 2.45) is 11.1 Å². The number of aliphatic carboxylic acids is 1. The van der Waals surface area contributed by atoms with Gasteiger partial charge in [-0.3, -0.25) is 4.79 Å². The van der Waals surface area contributed by atoms with E-state index in [0.29, 0.717) is 6.54 Å². The van der Waals surface area contributed by atoms with Crippen molar-refractivity contribution in [1.29, 1.82) is 0 Å². The molecule has 0 radical (unpaired) electrons. The molecule has 1 aliphatic carbocycles. The summed E-state index contributed by atoms with van der Waals surface area (Å²) in [7, 11) is 1.64. The Bertz CT molecular complexity index is 208. The van der Waals surface area contributed by atoms with Gasteiger partial charge in [-0.1, -0.05) is 12.8 Å². The standard InChI is InChI=1S/C10H19NO3/c1-14-8-4-2-3-5-10(8,7-11)6-9(12)13/h8H,2-7,11H2,1H3,(H,12,13)/t8-,10-/m1/s1. The molecule has 4 heteroatoms. The van der Waals surface area contributed by atoms with Crippen molar-refractivity contribution >= 4 is 5.97 Å². The largest absolute Gasteiger partial charge is 0.481 e. The van der Waals surface area contributed by atoms with Crippen molar-refractivity contribution in [1.82, 2.24) is 0 Å². The van der Waals surface area contributed by atoms with Crippen LogP contribution in [0.2, 0.25) is 0 Å². The highest BCUT2D eigenvalue weighted by Gasteiger charge is 2.41. The normalized spacial score (nSPS) is 32.9. The molecular formula is C10H19NO3. The minimum atomic E-state index is -0.778. The number of nitrogens with two attached hydrogens (primary N) is 1. The minimum absolute atomic E-state index is 0.0114. The monoisotopic (exact) mass is 201 g/mol. The van der Waals surface area contributed by atoms with E-state index in [1.165, 1.54) is 0 Å². The van der Waals surface area contributed by atoms with Crippen LogP contribution in [0.5, 0.6) is 0 Å². The molecule has 0 unspecified atom stereocenters. The Balaban J connectivity index is 2.75. The van der Waals surface area contributed by atoms with Gasteiger partial charge in [0.05, 0.1) is 12.5 Å². The second-order valence-corrected chi connectivity index (χ2v) is 4.11. The van der Waals surface area contributed by atoms with E-state index in [-0.39, 0.29) is 17.9 Å². The lowest BCUT2D eigenvalue weighted by atomic mass is 9.69. The average Bonchev–Trinajstić information content (AvgIpc) is 2.17. The zero-order valence-electron chi connectivity index (χ0n) is 8.66. The van der Waals surface area contributed by atoms with Crippen LogP contribution in [0, 0.1) is 5.41 Å². The summed E-state index contributed by atoms with van der Waals surface area (Å²) >= 11 is 0. The van der Waals surface area contributed by atoms with Gasteiger partial charge >= 0.3 is 5.97 Å². The molecule has 3 N–H and O–H groups in total. The summed E-state index contributed by atoms with van der Waals surface area (Å²) in [5.41, 5.74) is 5.37. The Kier molecular flexibility index (Phi) is 3.89. The van der Waals surface area contributed by atoms with Crippen LogP contribution >= 0.6 is 0 Å². The Hall–Kier alpha value is -0.610. The summed E-state index contributed by atoms with van der Waals surface area (Å²) in [5.74, 6) is -0.778. The Morgan fingerprint density at radius 3 is 2.86 bits per heavy atom. The van der Waals surface area contributed by atoms with Gasteiger partial charge in [0.25, 0.3) is 0 Å². The Morgan fingerprint density at radius 2 is 2.36 bits per heavy atom. The van der Waals surface area contributed by atoms with Crippen LogP contribution in [0.15, 0.2) is 0 Å². The number of carboxylic acid groups (broad SMARTS) is 1. The fourth-order valence-electron chi connectivity index (χ4n) is 2.45. The van der Waals surface area contributed by atoms with Gasteiger partial charge in [0.15, 0.2) is 0 Å². The Morgan fingerprint density at radius 1 is 1.64 bits per heavy atom. The van der Waals surface area contributed by atoms with Crippen molar-refractivity contribution < 1.29 is 14.6 Å². The summed E-state index contributed by atoms with van der Waals surface area (Å²) in [6, 6.07) is 0. The highest BCUT2D eigenvalue weighted by Crippen LogP contribution is 2.40. The van der Waals surface area contributed by atoms with Gasteiger partial charge in [0.2, 0.25) is 0 Å². The molecule has 0 amide bonds.